The first-order valence-electron chi connectivity index (χ1n) is 10.3. The van der Waals surface area contributed by atoms with Crippen LogP contribution >= 0.6 is 0 Å². The van der Waals surface area contributed by atoms with Crippen LogP contribution in [0.1, 0.15) is 63.2 Å². The van der Waals surface area contributed by atoms with Gasteiger partial charge in [0.1, 0.15) is 0 Å². The second-order valence-electron chi connectivity index (χ2n) is 8.01. The molecule has 2 rings (SSSR count). The van der Waals surface area contributed by atoms with Crippen molar-refractivity contribution in [1.29, 1.82) is 0 Å². The van der Waals surface area contributed by atoms with E-state index in [1.807, 2.05) is 6.92 Å². The number of ether oxygens (including phenoxy) is 1. The molecule has 1 aromatic rings. The minimum Gasteiger partial charge on any atom is -0.452 e. The van der Waals surface area contributed by atoms with Gasteiger partial charge in [-0.2, -0.15) is 4.31 Å². The molecule has 162 valence electrons. The maximum Gasteiger partial charge on any atom is 0.338 e. The van der Waals surface area contributed by atoms with E-state index >= 15 is 0 Å². The number of nitrogens with zero attached hydrogens (tertiary/aromatic N) is 1. The summed E-state index contributed by atoms with van der Waals surface area (Å²) in [6, 6.07) is 5.79. The summed E-state index contributed by atoms with van der Waals surface area (Å²) < 4.78 is 32.1. The number of amides is 1. The van der Waals surface area contributed by atoms with Crippen molar-refractivity contribution in [2.75, 3.05) is 19.7 Å². The molecule has 1 N–H and O–H groups in total. The summed E-state index contributed by atoms with van der Waals surface area (Å²) in [5, 5.41) is 2.80. The number of carbonyl (C=O) groups excluding carboxylic acids is 2. The van der Waals surface area contributed by atoms with Crippen molar-refractivity contribution in [3.63, 3.8) is 0 Å². The molecule has 1 fully saturated rings. The molecule has 7 nitrogen and oxygen atoms in total. The zero-order valence-corrected chi connectivity index (χ0v) is 18.3. The minimum atomic E-state index is -3.63. The zero-order chi connectivity index (χ0) is 21.4. The van der Waals surface area contributed by atoms with E-state index in [9.17, 15) is 18.0 Å². The molecule has 0 aromatic heterocycles. The first kappa shape index (κ1) is 23.3. The first-order valence-corrected chi connectivity index (χ1v) is 11.7. The van der Waals surface area contributed by atoms with Gasteiger partial charge in [0.2, 0.25) is 10.0 Å². The lowest BCUT2D eigenvalue weighted by Gasteiger charge is -2.25. The molecule has 0 bridgehead atoms. The Morgan fingerprint density at radius 2 is 1.79 bits per heavy atom. The number of piperidine rings is 1. The van der Waals surface area contributed by atoms with E-state index < -0.39 is 22.6 Å². The number of hydrogen-bond donors (Lipinski definition) is 1. The summed E-state index contributed by atoms with van der Waals surface area (Å²) in [7, 11) is -3.63. The number of esters is 1. The molecule has 1 aliphatic rings. The molecule has 0 aliphatic carbocycles. The van der Waals surface area contributed by atoms with Crippen LogP contribution in [0.25, 0.3) is 0 Å². The van der Waals surface area contributed by atoms with Crippen LogP contribution in [0.5, 0.6) is 0 Å². The van der Waals surface area contributed by atoms with Crippen LogP contribution in [0.2, 0.25) is 0 Å². The van der Waals surface area contributed by atoms with Crippen LogP contribution in [-0.4, -0.2) is 50.3 Å². The van der Waals surface area contributed by atoms with Gasteiger partial charge in [-0.3, -0.25) is 4.79 Å². The fourth-order valence-corrected chi connectivity index (χ4v) is 4.79. The third-order valence-electron chi connectivity index (χ3n) is 4.94. The Hall–Kier alpha value is -1.93. The second-order valence-corrected chi connectivity index (χ2v) is 9.95. The highest BCUT2D eigenvalue weighted by Gasteiger charge is 2.26. The maximum absolute atomic E-state index is 12.8. The molecule has 29 heavy (non-hydrogen) atoms. The summed E-state index contributed by atoms with van der Waals surface area (Å²) in [5.74, 6) is -0.530. The zero-order valence-electron chi connectivity index (χ0n) is 17.5. The smallest absolute Gasteiger partial charge is 0.338 e. The van der Waals surface area contributed by atoms with E-state index in [0.29, 0.717) is 19.0 Å². The Balaban J connectivity index is 1.93. The summed E-state index contributed by atoms with van der Waals surface area (Å²) >= 11 is 0. The third-order valence-corrected chi connectivity index (χ3v) is 6.84. The van der Waals surface area contributed by atoms with Crippen molar-refractivity contribution in [3.8, 4) is 0 Å². The number of benzene rings is 1. The van der Waals surface area contributed by atoms with Crippen LogP contribution in [0.3, 0.4) is 0 Å². The van der Waals surface area contributed by atoms with Crippen LogP contribution in [-0.2, 0) is 19.6 Å². The maximum atomic E-state index is 12.8. The van der Waals surface area contributed by atoms with E-state index in [2.05, 4.69) is 19.2 Å². The van der Waals surface area contributed by atoms with Crippen molar-refractivity contribution in [2.24, 2.45) is 5.92 Å². The first-order chi connectivity index (χ1) is 13.7. The van der Waals surface area contributed by atoms with Gasteiger partial charge in [0.05, 0.1) is 10.5 Å². The lowest BCUT2D eigenvalue weighted by molar-refractivity contribution is -0.124. The van der Waals surface area contributed by atoms with Gasteiger partial charge in [0, 0.05) is 19.1 Å². The molecule has 1 aromatic carbocycles. The minimum absolute atomic E-state index is 0.00150. The number of sulfonamides is 1. The van der Waals surface area contributed by atoms with E-state index in [-0.39, 0.29) is 22.4 Å². The Kier molecular flexibility index (Phi) is 8.64. The van der Waals surface area contributed by atoms with Crippen molar-refractivity contribution >= 4 is 21.9 Å². The number of rotatable bonds is 9. The van der Waals surface area contributed by atoms with Crippen LogP contribution in [0.4, 0.5) is 0 Å². The Morgan fingerprint density at radius 1 is 1.10 bits per heavy atom. The van der Waals surface area contributed by atoms with Gasteiger partial charge in [-0.1, -0.05) is 26.3 Å². The van der Waals surface area contributed by atoms with Gasteiger partial charge in [-0.05, 0) is 56.7 Å². The predicted molar refractivity (Wildman–Crippen MR) is 111 cm³/mol. The van der Waals surface area contributed by atoms with Gasteiger partial charge < -0.3 is 10.1 Å². The van der Waals surface area contributed by atoms with Crippen LogP contribution < -0.4 is 5.32 Å². The molecular weight excluding hydrogens is 392 g/mol. The third kappa shape index (κ3) is 7.12. The molecule has 1 saturated heterocycles. The average Bonchev–Trinajstić information content (AvgIpc) is 2.71. The second kappa shape index (κ2) is 10.7. The van der Waals surface area contributed by atoms with E-state index in [1.54, 1.807) is 0 Å². The van der Waals surface area contributed by atoms with Gasteiger partial charge in [-0.15, -0.1) is 0 Å². The van der Waals surface area contributed by atoms with Gasteiger partial charge in [-0.25, -0.2) is 13.2 Å². The molecule has 1 amide bonds. The topological polar surface area (TPSA) is 92.8 Å². The quantitative estimate of drug-likeness (QED) is 0.615. The molecule has 0 unspecified atom stereocenters. The molecule has 1 aliphatic heterocycles. The normalized spacial score (nSPS) is 16.4. The van der Waals surface area contributed by atoms with Crippen molar-refractivity contribution in [3.05, 3.63) is 29.8 Å². The molecule has 0 radical (unpaired) electrons. The number of nitrogens with one attached hydrogen (secondary N) is 1. The van der Waals surface area contributed by atoms with Gasteiger partial charge >= 0.3 is 5.97 Å². The molecule has 8 heteroatoms. The van der Waals surface area contributed by atoms with Crippen molar-refractivity contribution < 1.29 is 22.7 Å². The Bertz CT molecular complexity index is 801. The monoisotopic (exact) mass is 424 g/mol. The lowest BCUT2D eigenvalue weighted by atomic mass is 10.0. The van der Waals surface area contributed by atoms with Gasteiger partial charge in [0.15, 0.2) is 6.61 Å². The summed E-state index contributed by atoms with van der Waals surface area (Å²) in [4.78, 5) is 24.3. The highest BCUT2D eigenvalue weighted by Crippen LogP contribution is 2.21. The van der Waals surface area contributed by atoms with Crippen LogP contribution in [0.15, 0.2) is 29.2 Å². The predicted octanol–water partition coefficient (Wildman–Crippen LogP) is 2.96. The van der Waals surface area contributed by atoms with Crippen molar-refractivity contribution in [1.82, 2.24) is 9.62 Å². The molecule has 1 heterocycles. The largest absolute Gasteiger partial charge is 0.452 e. The molecular formula is C21H32N2O5S. The van der Waals surface area contributed by atoms with Crippen molar-refractivity contribution in [2.45, 2.75) is 63.8 Å². The summed E-state index contributed by atoms with van der Waals surface area (Å²) in [6.07, 6.45) is 4.56. The Morgan fingerprint density at radius 3 is 2.45 bits per heavy atom. The van der Waals surface area contributed by atoms with Gasteiger partial charge in [0.25, 0.3) is 5.91 Å². The van der Waals surface area contributed by atoms with E-state index in [0.717, 1.165) is 32.1 Å². The number of carbonyl (C=O) groups is 2. The van der Waals surface area contributed by atoms with Crippen LogP contribution in [0, 0.1) is 5.92 Å². The lowest BCUT2D eigenvalue weighted by Crippen LogP contribution is -2.36. The molecule has 0 spiro atoms. The van der Waals surface area contributed by atoms with E-state index in [4.69, 9.17) is 4.74 Å². The fraction of sp³-hybridized carbons (Fsp3) is 0.619. The molecule has 0 saturated carbocycles. The highest BCUT2D eigenvalue weighted by atomic mass is 32.2. The SMILES string of the molecule is CC(C)CC[C@@H](C)NC(=O)COC(=O)c1cccc(S(=O)(=O)N2CCCCC2)c1. The summed E-state index contributed by atoms with van der Waals surface area (Å²) in [5.41, 5.74) is 0.115. The standard InChI is InChI=1S/C21H32N2O5S/c1-16(2)10-11-17(3)22-20(24)15-28-21(25)18-8-7-9-19(14-18)29(26,27)23-12-5-4-6-13-23/h7-9,14,16-17H,4-6,10-13,15H2,1-3H3,(H,22,24)/t17-/m1/s1. The summed E-state index contributed by atoms with van der Waals surface area (Å²) in [6.45, 7) is 6.75. The average molecular weight is 425 g/mol. The van der Waals surface area contributed by atoms with E-state index in [1.165, 1.54) is 28.6 Å². The molecule has 1 atom stereocenters. The highest BCUT2D eigenvalue weighted by molar-refractivity contribution is 7.89. The fourth-order valence-electron chi connectivity index (χ4n) is 3.22. The Labute approximate surface area is 173 Å². The number of hydrogen-bond acceptors (Lipinski definition) is 5.